The molecule has 1 aliphatic rings. The maximum absolute atomic E-state index is 6.42. The first-order chi connectivity index (χ1) is 6.86. The van der Waals surface area contributed by atoms with Crippen molar-refractivity contribution in [2.75, 3.05) is 0 Å². The molecule has 14 heavy (non-hydrogen) atoms. The highest BCUT2D eigenvalue weighted by atomic mass is 35.5. The lowest BCUT2D eigenvalue weighted by atomic mass is 9.98. The summed E-state index contributed by atoms with van der Waals surface area (Å²) in [6.07, 6.45) is 6.46. The second-order valence-electron chi connectivity index (χ2n) is 4.25. The Bertz CT molecular complexity index is 262. The van der Waals surface area contributed by atoms with Gasteiger partial charge in [0.2, 0.25) is 0 Å². The number of halogens is 1. The van der Waals surface area contributed by atoms with Gasteiger partial charge in [-0.15, -0.1) is 11.6 Å². The Morgan fingerprint density at radius 2 is 1.79 bits per heavy atom. The van der Waals surface area contributed by atoms with Gasteiger partial charge in [-0.25, -0.2) is 0 Å². The number of alkyl halides is 1. The molecule has 2 rings (SSSR count). The van der Waals surface area contributed by atoms with E-state index in [0.717, 1.165) is 12.3 Å². The van der Waals surface area contributed by atoms with Crippen molar-refractivity contribution in [1.82, 2.24) is 0 Å². The molecule has 1 aromatic rings. The molecule has 0 aromatic heterocycles. The second-order valence-corrected chi connectivity index (χ2v) is 4.81. The van der Waals surface area contributed by atoms with Crippen LogP contribution in [0.3, 0.4) is 0 Å². The zero-order valence-electron chi connectivity index (χ0n) is 8.45. The molecule has 1 aliphatic carbocycles. The monoisotopic (exact) mass is 208 g/mol. The second kappa shape index (κ2) is 4.84. The van der Waals surface area contributed by atoms with Crippen LogP contribution in [0.5, 0.6) is 0 Å². The van der Waals surface area contributed by atoms with E-state index in [-0.39, 0.29) is 0 Å². The van der Waals surface area contributed by atoms with Crippen LogP contribution < -0.4 is 0 Å². The van der Waals surface area contributed by atoms with E-state index >= 15 is 0 Å². The van der Waals surface area contributed by atoms with Gasteiger partial charge in [0.15, 0.2) is 0 Å². The summed E-state index contributed by atoms with van der Waals surface area (Å²) < 4.78 is 0. The van der Waals surface area contributed by atoms with Crippen molar-refractivity contribution in [3.8, 4) is 0 Å². The first-order valence-corrected chi connectivity index (χ1v) is 5.98. The Morgan fingerprint density at radius 3 is 2.43 bits per heavy atom. The van der Waals surface area contributed by atoms with E-state index in [1.807, 2.05) is 0 Å². The largest absolute Gasteiger partial charge is 0.122 e. The summed E-state index contributed by atoms with van der Waals surface area (Å²) in [5.41, 5.74) is 1.37. The molecule has 1 atom stereocenters. The van der Waals surface area contributed by atoms with Gasteiger partial charge in [-0.3, -0.25) is 0 Å². The zero-order valence-corrected chi connectivity index (χ0v) is 9.21. The summed E-state index contributed by atoms with van der Waals surface area (Å²) in [6.45, 7) is 0. The van der Waals surface area contributed by atoms with Crippen LogP contribution >= 0.6 is 11.6 Å². The third kappa shape index (κ3) is 2.51. The summed E-state index contributed by atoms with van der Waals surface area (Å²) in [4.78, 5) is 0. The summed E-state index contributed by atoms with van der Waals surface area (Å²) in [6, 6.07) is 10.6. The normalized spacial score (nSPS) is 19.8. The molecule has 1 fully saturated rings. The van der Waals surface area contributed by atoms with E-state index in [1.165, 1.54) is 31.2 Å². The quantitative estimate of drug-likeness (QED) is 0.658. The van der Waals surface area contributed by atoms with Crippen molar-refractivity contribution in [3.05, 3.63) is 35.9 Å². The average molecular weight is 209 g/mol. The third-order valence-corrected chi connectivity index (χ3v) is 3.70. The molecule has 0 heterocycles. The minimum Gasteiger partial charge on any atom is -0.122 e. The average Bonchev–Trinajstić information content (AvgIpc) is 2.72. The van der Waals surface area contributed by atoms with Crippen LogP contribution in [-0.4, -0.2) is 5.38 Å². The predicted molar refractivity (Wildman–Crippen MR) is 61.7 cm³/mol. The van der Waals surface area contributed by atoms with Gasteiger partial charge >= 0.3 is 0 Å². The van der Waals surface area contributed by atoms with Gasteiger partial charge in [-0.1, -0.05) is 43.2 Å². The molecule has 76 valence electrons. The third-order valence-electron chi connectivity index (χ3n) is 3.18. The zero-order chi connectivity index (χ0) is 9.80. The summed E-state index contributed by atoms with van der Waals surface area (Å²) >= 11 is 6.42. The minimum atomic E-state index is 0.347. The lowest BCUT2D eigenvalue weighted by molar-refractivity contribution is 0.512. The predicted octanol–water partition coefficient (Wildman–Crippen LogP) is 4.03. The van der Waals surface area contributed by atoms with E-state index in [4.69, 9.17) is 11.6 Å². The van der Waals surface area contributed by atoms with Gasteiger partial charge in [-0.2, -0.15) is 0 Å². The number of hydrogen-bond donors (Lipinski definition) is 0. The van der Waals surface area contributed by atoms with E-state index in [9.17, 15) is 0 Å². The molecule has 0 amide bonds. The van der Waals surface area contributed by atoms with Crippen LogP contribution in [0, 0.1) is 5.92 Å². The van der Waals surface area contributed by atoms with Crippen molar-refractivity contribution in [2.24, 2.45) is 5.92 Å². The van der Waals surface area contributed by atoms with Crippen molar-refractivity contribution < 1.29 is 0 Å². The van der Waals surface area contributed by atoms with Gasteiger partial charge < -0.3 is 0 Å². The van der Waals surface area contributed by atoms with Crippen molar-refractivity contribution in [2.45, 2.75) is 37.5 Å². The molecule has 0 spiro atoms. The number of hydrogen-bond acceptors (Lipinski definition) is 0. The van der Waals surface area contributed by atoms with Crippen molar-refractivity contribution in [3.63, 3.8) is 0 Å². The Balaban J connectivity index is 1.90. The van der Waals surface area contributed by atoms with Crippen LogP contribution in [0.4, 0.5) is 0 Å². The fraction of sp³-hybridized carbons (Fsp3) is 0.538. The SMILES string of the molecule is ClC(Cc1ccccc1)C1CCCC1. The minimum absolute atomic E-state index is 0.347. The fourth-order valence-electron chi connectivity index (χ4n) is 2.33. The Kier molecular flexibility index (Phi) is 3.47. The molecule has 0 nitrogen and oxygen atoms in total. The van der Waals surface area contributed by atoms with Crippen LogP contribution in [0.2, 0.25) is 0 Å². The highest BCUT2D eigenvalue weighted by Gasteiger charge is 2.22. The molecule has 0 radical (unpaired) electrons. The van der Waals surface area contributed by atoms with E-state index in [2.05, 4.69) is 30.3 Å². The Labute approximate surface area is 91.3 Å². The molecule has 1 aromatic carbocycles. The molecule has 0 saturated heterocycles. The van der Waals surface area contributed by atoms with Crippen molar-refractivity contribution >= 4 is 11.6 Å². The standard InChI is InChI=1S/C13H17Cl/c14-13(12-8-4-5-9-12)10-11-6-2-1-3-7-11/h1-3,6-7,12-13H,4-5,8-10H2. The summed E-state index contributed by atoms with van der Waals surface area (Å²) in [5.74, 6) is 0.761. The Hall–Kier alpha value is -0.490. The topological polar surface area (TPSA) is 0 Å². The number of rotatable bonds is 3. The summed E-state index contributed by atoms with van der Waals surface area (Å²) in [5, 5.41) is 0.347. The van der Waals surface area contributed by atoms with Gasteiger partial charge in [0, 0.05) is 5.38 Å². The van der Waals surface area contributed by atoms with Gasteiger partial charge in [0.05, 0.1) is 0 Å². The molecular formula is C13H17Cl. The molecule has 0 aliphatic heterocycles. The summed E-state index contributed by atoms with van der Waals surface area (Å²) in [7, 11) is 0. The molecule has 0 bridgehead atoms. The van der Waals surface area contributed by atoms with E-state index < -0.39 is 0 Å². The maximum Gasteiger partial charge on any atom is 0.0404 e. The fourth-order valence-corrected chi connectivity index (χ4v) is 2.76. The van der Waals surface area contributed by atoms with Crippen LogP contribution in [0.25, 0.3) is 0 Å². The Morgan fingerprint density at radius 1 is 1.14 bits per heavy atom. The first kappa shape index (κ1) is 10.0. The lowest BCUT2D eigenvalue weighted by Crippen LogP contribution is -2.14. The molecule has 1 heteroatoms. The molecule has 1 saturated carbocycles. The van der Waals surface area contributed by atoms with E-state index in [1.54, 1.807) is 0 Å². The lowest BCUT2D eigenvalue weighted by Gasteiger charge is -2.16. The number of benzene rings is 1. The van der Waals surface area contributed by atoms with Crippen LogP contribution in [0.1, 0.15) is 31.2 Å². The van der Waals surface area contributed by atoms with Gasteiger partial charge in [0.25, 0.3) is 0 Å². The highest BCUT2D eigenvalue weighted by molar-refractivity contribution is 6.20. The smallest absolute Gasteiger partial charge is 0.0404 e. The molecule has 0 N–H and O–H groups in total. The van der Waals surface area contributed by atoms with Gasteiger partial charge in [0.1, 0.15) is 0 Å². The molecule has 1 unspecified atom stereocenters. The highest BCUT2D eigenvalue weighted by Crippen LogP contribution is 2.32. The van der Waals surface area contributed by atoms with Gasteiger partial charge in [-0.05, 0) is 30.7 Å². The first-order valence-electron chi connectivity index (χ1n) is 5.54. The maximum atomic E-state index is 6.42. The van der Waals surface area contributed by atoms with Crippen LogP contribution in [-0.2, 0) is 6.42 Å². The van der Waals surface area contributed by atoms with Crippen molar-refractivity contribution in [1.29, 1.82) is 0 Å². The van der Waals surface area contributed by atoms with Crippen LogP contribution in [0.15, 0.2) is 30.3 Å². The molecular weight excluding hydrogens is 192 g/mol. The van der Waals surface area contributed by atoms with E-state index in [0.29, 0.717) is 5.38 Å².